The van der Waals surface area contributed by atoms with E-state index < -0.39 is 0 Å². The number of anilines is 1. The Morgan fingerprint density at radius 2 is 1.93 bits per heavy atom. The monoisotopic (exact) mass is 367 g/mol. The van der Waals surface area contributed by atoms with Crippen molar-refractivity contribution in [3.05, 3.63) is 54.0 Å². The van der Waals surface area contributed by atoms with Crippen molar-refractivity contribution in [1.29, 1.82) is 5.26 Å². The maximum atomic E-state index is 9.77. The van der Waals surface area contributed by atoms with Crippen molar-refractivity contribution < 1.29 is 9.53 Å². The minimum absolute atomic E-state index is 0.0824. The molecule has 0 bridgehead atoms. The molecule has 0 radical (unpaired) electrons. The van der Waals surface area contributed by atoms with E-state index in [0.29, 0.717) is 5.92 Å². The first-order chi connectivity index (χ1) is 13.1. The molecule has 0 spiro atoms. The predicted molar refractivity (Wildman–Crippen MR) is 106 cm³/mol. The molecule has 3 aromatic heterocycles. The predicted octanol–water partition coefficient (Wildman–Crippen LogP) is 4.01. The lowest BCUT2D eigenvalue weighted by Gasteiger charge is -2.06. The van der Waals surface area contributed by atoms with Crippen LogP contribution in [0.3, 0.4) is 0 Å². The van der Waals surface area contributed by atoms with Crippen LogP contribution in [0.25, 0.3) is 5.52 Å². The Labute approximate surface area is 159 Å². The molecular weight excluding hydrogens is 342 g/mol. The summed E-state index contributed by atoms with van der Waals surface area (Å²) in [6.45, 7) is 8.67. The number of carbonyl (C=O) groups excluding carboxylic acids is 1. The van der Waals surface area contributed by atoms with Crippen LogP contribution in [0.4, 0.5) is 5.69 Å². The number of carbonyl (C=O) groups is 1. The zero-order valence-corrected chi connectivity index (χ0v) is 16.3. The standard InChI is InChI=1S/C12H16N2.C6H3N3O2.C2H6/c1-9(2)10-4-5-12-11(13-3)6-7-14(12)8-10;7-3-5-1-2-6(9-8-5)11-4-10;1-2/h4-9,13H,1-3H3;1-2,4H;1-2H3. The summed E-state index contributed by atoms with van der Waals surface area (Å²) in [7, 11) is 1.95. The summed E-state index contributed by atoms with van der Waals surface area (Å²) in [4.78, 5) is 9.77. The number of hydrogen-bond acceptors (Lipinski definition) is 6. The molecule has 0 fully saturated rings. The first-order valence-electron chi connectivity index (χ1n) is 8.71. The molecule has 142 valence electrons. The van der Waals surface area contributed by atoms with Crippen LogP contribution in [0.2, 0.25) is 0 Å². The summed E-state index contributed by atoms with van der Waals surface area (Å²) in [5, 5.41) is 18.3. The summed E-state index contributed by atoms with van der Waals surface area (Å²) < 4.78 is 6.51. The number of hydrogen-bond donors (Lipinski definition) is 1. The van der Waals surface area contributed by atoms with Gasteiger partial charge in [-0.25, -0.2) is 0 Å². The Hall–Kier alpha value is -3.40. The van der Waals surface area contributed by atoms with Crippen LogP contribution in [0.1, 0.15) is 44.9 Å². The topological polar surface area (TPSA) is 92.3 Å². The van der Waals surface area contributed by atoms with Crippen molar-refractivity contribution in [2.24, 2.45) is 0 Å². The van der Waals surface area contributed by atoms with E-state index in [-0.39, 0.29) is 18.0 Å². The first-order valence-corrected chi connectivity index (χ1v) is 8.71. The zero-order valence-electron chi connectivity index (χ0n) is 16.3. The van der Waals surface area contributed by atoms with E-state index in [1.807, 2.05) is 20.9 Å². The molecule has 3 aromatic rings. The van der Waals surface area contributed by atoms with Gasteiger partial charge < -0.3 is 14.5 Å². The molecule has 0 amide bonds. The van der Waals surface area contributed by atoms with Crippen LogP contribution < -0.4 is 10.1 Å². The van der Waals surface area contributed by atoms with Gasteiger partial charge in [0.2, 0.25) is 5.88 Å². The molecule has 0 aromatic carbocycles. The molecule has 0 aliphatic carbocycles. The normalized spacial score (nSPS) is 9.37. The largest absolute Gasteiger partial charge is 0.408 e. The van der Waals surface area contributed by atoms with E-state index in [9.17, 15) is 4.79 Å². The average molecular weight is 367 g/mol. The zero-order chi connectivity index (χ0) is 20.2. The van der Waals surface area contributed by atoms with Gasteiger partial charge in [-0.2, -0.15) is 5.26 Å². The van der Waals surface area contributed by atoms with Crippen LogP contribution in [0.5, 0.6) is 5.88 Å². The van der Waals surface area contributed by atoms with E-state index in [2.05, 4.69) is 69.1 Å². The minimum Gasteiger partial charge on any atom is -0.408 e. The molecule has 3 heterocycles. The van der Waals surface area contributed by atoms with Crippen molar-refractivity contribution >= 4 is 17.7 Å². The number of nitriles is 1. The molecule has 0 saturated heterocycles. The van der Waals surface area contributed by atoms with E-state index >= 15 is 0 Å². The third-order valence-corrected chi connectivity index (χ3v) is 3.54. The molecule has 0 unspecified atom stereocenters. The lowest BCUT2D eigenvalue weighted by atomic mass is 10.1. The number of nitrogens with zero attached hydrogens (tertiary/aromatic N) is 4. The van der Waals surface area contributed by atoms with Gasteiger partial charge in [-0.3, -0.25) is 4.79 Å². The molecule has 7 heteroatoms. The van der Waals surface area contributed by atoms with Crippen LogP contribution in [0.15, 0.2) is 42.7 Å². The van der Waals surface area contributed by atoms with Gasteiger partial charge in [0.1, 0.15) is 6.07 Å². The van der Waals surface area contributed by atoms with Gasteiger partial charge in [0.15, 0.2) is 5.69 Å². The SMILES string of the molecule is CC.CNc1ccn2cc(C(C)C)ccc12.N#Cc1ccc(OC=O)nn1. The van der Waals surface area contributed by atoms with Crippen molar-refractivity contribution in [2.45, 2.75) is 33.6 Å². The van der Waals surface area contributed by atoms with Crippen molar-refractivity contribution in [3.63, 3.8) is 0 Å². The van der Waals surface area contributed by atoms with E-state index in [1.165, 1.54) is 28.9 Å². The second-order valence-electron chi connectivity index (χ2n) is 5.47. The number of nitrogens with one attached hydrogen (secondary N) is 1. The van der Waals surface area contributed by atoms with Crippen molar-refractivity contribution in [3.8, 4) is 11.9 Å². The van der Waals surface area contributed by atoms with Gasteiger partial charge in [-0.05, 0) is 29.7 Å². The van der Waals surface area contributed by atoms with Gasteiger partial charge in [-0.1, -0.05) is 33.8 Å². The Balaban J connectivity index is 0.000000254. The molecule has 0 saturated carbocycles. The molecule has 1 N–H and O–H groups in total. The average Bonchev–Trinajstić information content (AvgIpc) is 3.13. The second kappa shape index (κ2) is 11.3. The second-order valence-corrected chi connectivity index (χ2v) is 5.47. The van der Waals surface area contributed by atoms with Gasteiger partial charge in [0, 0.05) is 25.5 Å². The van der Waals surface area contributed by atoms with E-state index in [0.717, 1.165) is 0 Å². The molecular formula is C20H25N5O2. The van der Waals surface area contributed by atoms with Gasteiger partial charge >= 0.3 is 0 Å². The molecule has 0 aliphatic rings. The fourth-order valence-electron chi connectivity index (χ4n) is 2.17. The van der Waals surface area contributed by atoms with Crippen LogP contribution in [-0.4, -0.2) is 28.1 Å². The maximum absolute atomic E-state index is 9.77. The maximum Gasteiger partial charge on any atom is 0.299 e. The third kappa shape index (κ3) is 6.12. The summed E-state index contributed by atoms with van der Waals surface area (Å²) >= 11 is 0. The summed E-state index contributed by atoms with van der Waals surface area (Å²) in [6.07, 6.45) is 4.29. The van der Waals surface area contributed by atoms with Gasteiger partial charge in [-0.15, -0.1) is 10.2 Å². The summed E-state index contributed by atoms with van der Waals surface area (Å²) in [5.74, 6) is 0.666. The number of pyridine rings is 1. The minimum atomic E-state index is 0.0824. The Bertz CT molecular complexity index is 880. The molecule has 7 nitrogen and oxygen atoms in total. The quantitative estimate of drug-likeness (QED) is 0.700. The van der Waals surface area contributed by atoms with Crippen molar-refractivity contribution in [1.82, 2.24) is 14.6 Å². The van der Waals surface area contributed by atoms with Gasteiger partial charge in [0.05, 0.1) is 11.2 Å². The Morgan fingerprint density at radius 3 is 2.44 bits per heavy atom. The summed E-state index contributed by atoms with van der Waals surface area (Å²) in [5.41, 5.74) is 3.97. The smallest absolute Gasteiger partial charge is 0.299 e. The van der Waals surface area contributed by atoms with Crippen molar-refractivity contribution in [2.75, 3.05) is 12.4 Å². The molecule has 0 atom stereocenters. The highest BCUT2D eigenvalue weighted by Gasteiger charge is 2.03. The lowest BCUT2D eigenvalue weighted by Crippen LogP contribution is -1.94. The molecule has 27 heavy (non-hydrogen) atoms. The number of rotatable bonds is 4. The Kier molecular flexibility index (Phi) is 9.03. The lowest BCUT2D eigenvalue weighted by molar-refractivity contribution is -0.121. The number of fused-ring (bicyclic) bond motifs is 1. The highest BCUT2D eigenvalue weighted by Crippen LogP contribution is 2.21. The molecule has 0 aliphatic heterocycles. The highest BCUT2D eigenvalue weighted by molar-refractivity contribution is 5.72. The first kappa shape index (κ1) is 21.6. The van der Waals surface area contributed by atoms with Gasteiger partial charge in [0.25, 0.3) is 6.47 Å². The number of ether oxygens (including phenoxy) is 1. The van der Waals surface area contributed by atoms with E-state index in [1.54, 1.807) is 6.07 Å². The molecule has 3 rings (SSSR count). The van der Waals surface area contributed by atoms with Crippen LogP contribution in [-0.2, 0) is 4.79 Å². The van der Waals surface area contributed by atoms with E-state index in [4.69, 9.17) is 5.26 Å². The van der Waals surface area contributed by atoms with Crippen LogP contribution >= 0.6 is 0 Å². The number of aromatic nitrogens is 3. The fourth-order valence-corrected chi connectivity index (χ4v) is 2.17. The third-order valence-electron chi connectivity index (χ3n) is 3.54. The summed E-state index contributed by atoms with van der Waals surface area (Å²) in [6, 6.07) is 11.0. The van der Waals surface area contributed by atoms with Crippen LogP contribution in [0, 0.1) is 11.3 Å². The fraction of sp³-hybridized carbons (Fsp3) is 0.300. The Morgan fingerprint density at radius 1 is 1.19 bits per heavy atom. The highest BCUT2D eigenvalue weighted by atomic mass is 16.5.